The quantitative estimate of drug-likeness (QED) is 0.902. The Morgan fingerprint density at radius 2 is 2.00 bits per heavy atom. The van der Waals surface area contributed by atoms with Crippen LogP contribution in [0.3, 0.4) is 0 Å². The molecule has 1 heterocycles. The summed E-state index contributed by atoms with van der Waals surface area (Å²) in [7, 11) is -1.93. The first-order valence-electron chi connectivity index (χ1n) is 7.27. The van der Waals surface area contributed by atoms with Crippen molar-refractivity contribution in [2.45, 2.75) is 43.3 Å². The highest BCUT2D eigenvalue weighted by atomic mass is 32.2. The number of ether oxygens (including phenoxy) is 1. The van der Waals surface area contributed by atoms with Crippen LogP contribution in [0.15, 0.2) is 29.2 Å². The second-order valence-corrected chi connectivity index (χ2v) is 7.56. The lowest BCUT2D eigenvalue weighted by Crippen LogP contribution is -2.37. The number of aliphatic hydroxyl groups is 1. The van der Waals surface area contributed by atoms with E-state index in [1.807, 2.05) is 0 Å². The Labute approximate surface area is 126 Å². The van der Waals surface area contributed by atoms with Crippen molar-refractivity contribution in [3.05, 3.63) is 29.8 Å². The monoisotopic (exact) mass is 313 g/mol. The lowest BCUT2D eigenvalue weighted by atomic mass is 10.1. The highest BCUT2D eigenvalue weighted by molar-refractivity contribution is 7.89. The van der Waals surface area contributed by atoms with Crippen LogP contribution in [0.25, 0.3) is 0 Å². The molecule has 118 valence electrons. The summed E-state index contributed by atoms with van der Waals surface area (Å²) < 4.78 is 31.9. The van der Waals surface area contributed by atoms with Crippen molar-refractivity contribution in [1.29, 1.82) is 0 Å². The van der Waals surface area contributed by atoms with Gasteiger partial charge in [-0.1, -0.05) is 12.1 Å². The van der Waals surface area contributed by atoms with E-state index < -0.39 is 16.1 Å². The molecule has 1 aliphatic heterocycles. The van der Waals surface area contributed by atoms with Gasteiger partial charge < -0.3 is 9.84 Å². The van der Waals surface area contributed by atoms with Crippen LogP contribution in [0.4, 0.5) is 0 Å². The van der Waals surface area contributed by atoms with Crippen molar-refractivity contribution in [1.82, 2.24) is 4.31 Å². The van der Waals surface area contributed by atoms with Gasteiger partial charge in [-0.3, -0.25) is 0 Å². The van der Waals surface area contributed by atoms with Crippen LogP contribution in [0.1, 0.15) is 37.9 Å². The number of hydrogen-bond acceptors (Lipinski definition) is 4. The van der Waals surface area contributed by atoms with Gasteiger partial charge in [-0.25, -0.2) is 8.42 Å². The molecule has 1 aromatic rings. The summed E-state index contributed by atoms with van der Waals surface area (Å²) in [6.07, 6.45) is 2.42. The number of aliphatic hydroxyl groups excluding tert-OH is 1. The summed E-state index contributed by atoms with van der Waals surface area (Å²) in [6.45, 7) is 2.73. The van der Waals surface area contributed by atoms with Crippen LogP contribution in [0.2, 0.25) is 0 Å². The van der Waals surface area contributed by atoms with Crippen molar-refractivity contribution in [2.75, 3.05) is 20.2 Å². The number of likely N-dealkylation sites (N-methyl/N-ethyl adjacent to an activating group) is 1. The molecule has 0 bridgehead atoms. The Hall–Kier alpha value is -0.950. The highest BCUT2D eigenvalue weighted by Gasteiger charge is 2.25. The average Bonchev–Trinajstić information content (AvgIpc) is 2.48. The Morgan fingerprint density at radius 3 is 2.52 bits per heavy atom. The molecule has 0 aromatic heterocycles. The minimum atomic E-state index is -3.51. The highest BCUT2D eigenvalue weighted by Crippen LogP contribution is 2.20. The van der Waals surface area contributed by atoms with E-state index in [1.165, 1.54) is 16.4 Å². The summed E-state index contributed by atoms with van der Waals surface area (Å²) in [5.41, 5.74) is 0.701. The molecule has 1 fully saturated rings. The van der Waals surface area contributed by atoms with Crippen molar-refractivity contribution in [3.8, 4) is 0 Å². The van der Waals surface area contributed by atoms with Gasteiger partial charge in [-0.05, 0) is 43.9 Å². The Morgan fingerprint density at radius 1 is 1.33 bits per heavy atom. The second-order valence-electron chi connectivity index (χ2n) is 5.52. The largest absolute Gasteiger partial charge is 0.389 e. The topological polar surface area (TPSA) is 66.8 Å². The molecule has 2 atom stereocenters. The van der Waals surface area contributed by atoms with Gasteiger partial charge in [0.25, 0.3) is 0 Å². The second kappa shape index (κ2) is 6.87. The third-order valence-corrected chi connectivity index (χ3v) is 5.64. The van der Waals surface area contributed by atoms with E-state index >= 15 is 0 Å². The van der Waals surface area contributed by atoms with E-state index in [1.54, 1.807) is 26.1 Å². The molecule has 1 aliphatic rings. The van der Waals surface area contributed by atoms with Gasteiger partial charge in [-0.15, -0.1) is 0 Å². The van der Waals surface area contributed by atoms with Gasteiger partial charge in [-0.2, -0.15) is 4.31 Å². The molecule has 2 rings (SSSR count). The zero-order chi connectivity index (χ0) is 15.5. The summed E-state index contributed by atoms with van der Waals surface area (Å²) in [5, 5.41) is 9.47. The fraction of sp³-hybridized carbons (Fsp3) is 0.600. The zero-order valence-corrected chi connectivity index (χ0v) is 13.3. The van der Waals surface area contributed by atoms with E-state index in [0.29, 0.717) is 18.7 Å². The minimum absolute atomic E-state index is 0.0183. The molecule has 0 spiro atoms. The maximum absolute atomic E-state index is 12.5. The number of hydrogen-bond donors (Lipinski definition) is 1. The van der Waals surface area contributed by atoms with Crippen LogP contribution >= 0.6 is 0 Å². The molecule has 0 radical (unpaired) electrons. The standard InChI is InChI=1S/C15H23NO4S/c1-12(17)13-6-8-15(9-7-13)21(18,19)16(2)11-14-5-3-4-10-20-14/h6-9,12,14,17H,3-5,10-11H2,1-2H3. The van der Waals surface area contributed by atoms with Crippen LogP contribution in [-0.2, 0) is 14.8 Å². The van der Waals surface area contributed by atoms with Gasteiger partial charge >= 0.3 is 0 Å². The lowest BCUT2D eigenvalue weighted by Gasteiger charge is -2.27. The first-order valence-corrected chi connectivity index (χ1v) is 8.71. The van der Waals surface area contributed by atoms with Crippen LogP contribution in [-0.4, -0.2) is 44.1 Å². The maximum Gasteiger partial charge on any atom is 0.242 e. The Kier molecular flexibility index (Phi) is 5.37. The number of sulfonamides is 1. The van der Waals surface area contributed by atoms with Gasteiger partial charge in [0.2, 0.25) is 10.0 Å². The first kappa shape index (κ1) is 16.4. The third kappa shape index (κ3) is 4.03. The van der Waals surface area contributed by atoms with E-state index in [9.17, 15) is 13.5 Å². The zero-order valence-electron chi connectivity index (χ0n) is 12.5. The number of rotatable bonds is 5. The fourth-order valence-electron chi connectivity index (χ4n) is 2.43. The van der Waals surface area contributed by atoms with Gasteiger partial charge in [0.15, 0.2) is 0 Å². The van der Waals surface area contributed by atoms with E-state index in [-0.39, 0.29) is 11.0 Å². The summed E-state index contributed by atoms with van der Waals surface area (Å²) in [4.78, 5) is 0.241. The first-order chi connectivity index (χ1) is 9.91. The van der Waals surface area contributed by atoms with Crippen LogP contribution in [0.5, 0.6) is 0 Å². The smallest absolute Gasteiger partial charge is 0.242 e. The normalized spacial score (nSPS) is 21.4. The van der Waals surface area contributed by atoms with Crippen molar-refractivity contribution in [3.63, 3.8) is 0 Å². The fourth-order valence-corrected chi connectivity index (χ4v) is 3.64. The summed E-state index contributed by atoms with van der Waals surface area (Å²) in [5.74, 6) is 0. The van der Waals surface area contributed by atoms with Gasteiger partial charge in [0.05, 0.1) is 17.1 Å². The van der Waals surface area contributed by atoms with E-state index in [4.69, 9.17) is 4.74 Å². The predicted molar refractivity (Wildman–Crippen MR) is 80.5 cm³/mol. The molecule has 21 heavy (non-hydrogen) atoms. The van der Waals surface area contributed by atoms with Crippen molar-refractivity contribution in [2.24, 2.45) is 0 Å². The predicted octanol–water partition coefficient (Wildman–Crippen LogP) is 1.93. The Balaban J connectivity index is 2.08. The van der Waals surface area contributed by atoms with E-state index in [2.05, 4.69) is 0 Å². The number of benzene rings is 1. The molecule has 0 aliphatic carbocycles. The third-order valence-electron chi connectivity index (χ3n) is 3.81. The number of nitrogens with zero attached hydrogens (tertiary/aromatic N) is 1. The van der Waals surface area contributed by atoms with Gasteiger partial charge in [0.1, 0.15) is 0 Å². The molecule has 1 saturated heterocycles. The van der Waals surface area contributed by atoms with Crippen LogP contribution < -0.4 is 0 Å². The van der Waals surface area contributed by atoms with Gasteiger partial charge in [0, 0.05) is 20.2 Å². The maximum atomic E-state index is 12.5. The molecular weight excluding hydrogens is 290 g/mol. The molecule has 6 heteroatoms. The van der Waals surface area contributed by atoms with E-state index in [0.717, 1.165) is 19.3 Å². The SMILES string of the molecule is CC(O)c1ccc(S(=O)(=O)N(C)CC2CCCCO2)cc1. The molecule has 1 N–H and O–H groups in total. The minimum Gasteiger partial charge on any atom is -0.389 e. The molecular formula is C15H23NO4S. The molecule has 5 nitrogen and oxygen atoms in total. The molecule has 1 aromatic carbocycles. The molecule has 0 saturated carbocycles. The average molecular weight is 313 g/mol. The Bertz CT molecular complexity index is 548. The van der Waals surface area contributed by atoms with Crippen molar-refractivity contribution < 1.29 is 18.3 Å². The summed E-state index contributed by atoms with van der Waals surface area (Å²) in [6, 6.07) is 6.36. The lowest BCUT2D eigenvalue weighted by molar-refractivity contribution is 0.00858. The van der Waals surface area contributed by atoms with Crippen molar-refractivity contribution >= 4 is 10.0 Å². The summed E-state index contributed by atoms with van der Waals surface area (Å²) >= 11 is 0. The molecule has 0 amide bonds. The van der Waals surface area contributed by atoms with Crippen LogP contribution in [0, 0.1) is 0 Å². The molecule has 2 unspecified atom stereocenters.